The fraction of sp³-hybridized carbons (Fsp3) is 0.0476. The Labute approximate surface area is 299 Å². The van der Waals surface area contributed by atoms with Crippen molar-refractivity contribution in [3.63, 3.8) is 0 Å². The van der Waals surface area contributed by atoms with Gasteiger partial charge in [-0.15, -0.1) is 0 Å². The molecular weight excluding hydrogens is 675 g/mol. The van der Waals surface area contributed by atoms with Crippen molar-refractivity contribution in [3.8, 4) is 23.0 Å². The molecule has 9 nitrogen and oxygen atoms in total. The van der Waals surface area contributed by atoms with E-state index >= 15 is 0 Å². The van der Waals surface area contributed by atoms with Gasteiger partial charge in [0.25, 0.3) is 5.91 Å². The third-order valence-corrected chi connectivity index (χ3v) is 13.4. The normalized spacial score (nSPS) is 14.0. The molecule has 6 aromatic carbocycles. The van der Waals surface area contributed by atoms with Gasteiger partial charge in [-0.3, -0.25) is 4.79 Å². The Bertz CT molecular complexity index is 2310. The summed E-state index contributed by atoms with van der Waals surface area (Å²) in [6.07, 6.45) is 0. The molecule has 52 heavy (non-hydrogen) atoms. The first-order valence-electron chi connectivity index (χ1n) is 16.5. The van der Waals surface area contributed by atoms with E-state index in [0.717, 1.165) is 15.9 Å². The molecule has 0 saturated carbocycles. The number of fused-ring (bicyclic) bond motifs is 6. The SMILES string of the molecule is CNC(=O)c1ccc([P+](/C=C(\[O-])Nc2ccc3c(c2)C(=O)OC32c3ccc(O)cc3Oc3cc(O)ccc32)(c2ccccc2)c2ccccc2)cc1. The van der Waals surface area contributed by atoms with E-state index < -0.39 is 18.8 Å². The predicted octanol–water partition coefficient (Wildman–Crippen LogP) is 5.59. The average molecular weight is 707 g/mol. The van der Waals surface area contributed by atoms with Crippen LogP contribution in [0, 0.1) is 0 Å². The predicted molar refractivity (Wildman–Crippen MR) is 198 cm³/mol. The number of phenols is 2. The molecule has 0 atom stereocenters. The third kappa shape index (κ3) is 5.22. The van der Waals surface area contributed by atoms with Crippen LogP contribution < -0.4 is 36.4 Å². The maximum absolute atomic E-state index is 14.3. The van der Waals surface area contributed by atoms with Gasteiger partial charge in [0, 0.05) is 47.1 Å². The summed E-state index contributed by atoms with van der Waals surface area (Å²) in [6, 6.07) is 41.1. The van der Waals surface area contributed by atoms with Crippen LogP contribution in [0.2, 0.25) is 0 Å². The van der Waals surface area contributed by atoms with Crippen molar-refractivity contribution in [1.29, 1.82) is 0 Å². The number of benzene rings is 6. The summed E-state index contributed by atoms with van der Waals surface area (Å²) in [7, 11) is -1.18. The van der Waals surface area contributed by atoms with E-state index in [1.807, 2.05) is 72.8 Å². The van der Waals surface area contributed by atoms with Crippen LogP contribution in [0.3, 0.4) is 0 Å². The summed E-state index contributed by atoms with van der Waals surface area (Å²) >= 11 is 0. The molecule has 10 heteroatoms. The van der Waals surface area contributed by atoms with Gasteiger partial charge in [-0.1, -0.05) is 42.5 Å². The Morgan fingerprint density at radius 3 is 1.81 bits per heavy atom. The second-order valence-electron chi connectivity index (χ2n) is 12.4. The van der Waals surface area contributed by atoms with Crippen molar-refractivity contribution < 1.29 is 34.4 Å². The second kappa shape index (κ2) is 12.6. The number of nitrogens with one attached hydrogen (secondary N) is 2. The lowest BCUT2D eigenvalue weighted by atomic mass is 9.77. The minimum atomic E-state index is -2.76. The van der Waals surface area contributed by atoms with Crippen molar-refractivity contribution in [1.82, 2.24) is 5.32 Å². The topological polar surface area (TPSA) is 140 Å². The molecule has 0 unspecified atom stereocenters. The highest BCUT2D eigenvalue weighted by Crippen LogP contribution is 2.59. The average Bonchev–Trinajstić information content (AvgIpc) is 3.45. The number of hydrogen-bond donors (Lipinski definition) is 4. The van der Waals surface area contributed by atoms with Crippen molar-refractivity contribution >= 4 is 40.7 Å². The van der Waals surface area contributed by atoms with Gasteiger partial charge in [0.2, 0.25) is 0 Å². The number of phenolic OH excluding ortho intramolecular Hbond substituents is 2. The van der Waals surface area contributed by atoms with E-state index in [-0.39, 0.29) is 40.4 Å². The summed E-state index contributed by atoms with van der Waals surface area (Å²) in [4.78, 5) is 26.1. The molecule has 0 aliphatic carbocycles. The Hall–Kier alpha value is -6.57. The molecule has 1 spiro atoms. The summed E-state index contributed by atoms with van der Waals surface area (Å²) in [5.74, 6) is 0.993. The lowest BCUT2D eigenvalue weighted by molar-refractivity contribution is -0.299. The first-order valence-corrected chi connectivity index (χ1v) is 18.3. The van der Waals surface area contributed by atoms with Crippen LogP contribution in [0.5, 0.6) is 23.0 Å². The van der Waals surface area contributed by atoms with E-state index in [1.165, 1.54) is 24.3 Å². The number of ether oxygens (including phenoxy) is 2. The molecule has 0 radical (unpaired) electrons. The molecule has 6 aromatic rings. The maximum atomic E-state index is 14.3. The minimum Gasteiger partial charge on any atom is -0.858 e. The number of carbonyl (C=O) groups is 2. The Morgan fingerprint density at radius 2 is 1.25 bits per heavy atom. The number of esters is 1. The standard InChI is InChI=1S/C42H31N2O7P/c1-43-40(48)26-12-17-32(18-13-26)52(30-8-4-2-5-9-30,31-10-6-3-7-11-31)25-39(47)44-27-14-19-34-33(22-27)41(49)51-42(34)35-20-15-28(45)23-37(35)50-38-24-29(46)16-21-36(38)42/h2-25,44H,1H3,(H3-,43,45,46,47,48)/b39-25-. The van der Waals surface area contributed by atoms with Gasteiger partial charge in [0.1, 0.15) is 46.2 Å². The first kappa shape index (κ1) is 32.6. The number of aromatic hydroxyl groups is 2. The molecule has 2 heterocycles. The van der Waals surface area contributed by atoms with E-state index in [9.17, 15) is 24.9 Å². The molecule has 2 aliphatic rings. The van der Waals surface area contributed by atoms with Gasteiger partial charge >= 0.3 is 5.97 Å². The van der Waals surface area contributed by atoms with Gasteiger partial charge in [-0.05, 0) is 90.8 Å². The minimum absolute atomic E-state index is 0.0383. The fourth-order valence-corrected chi connectivity index (χ4v) is 10.8. The van der Waals surface area contributed by atoms with E-state index in [2.05, 4.69) is 10.6 Å². The van der Waals surface area contributed by atoms with Gasteiger partial charge in [0.05, 0.1) is 11.4 Å². The molecule has 1 amide bonds. The first-order chi connectivity index (χ1) is 25.2. The largest absolute Gasteiger partial charge is 0.858 e. The zero-order valence-corrected chi connectivity index (χ0v) is 28.6. The molecule has 0 fully saturated rings. The molecule has 0 aromatic heterocycles. The number of carbonyl (C=O) groups excluding carboxylic acids is 2. The van der Waals surface area contributed by atoms with Gasteiger partial charge in [-0.25, -0.2) is 4.79 Å². The smallest absolute Gasteiger partial charge is 0.340 e. The third-order valence-electron chi connectivity index (χ3n) is 9.44. The van der Waals surface area contributed by atoms with Crippen LogP contribution in [0.1, 0.15) is 37.4 Å². The van der Waals surface area contributed by atoms with Crippen LogP contribution in [0.4, 0.5) is 5.69 Å². The lowest BCUT2D eigenvalue weighted by Crippen LogP contribution is -2.32. The Kier molecular flexibility index (Phi) is 7.93. The Morgan fingerprint density at radius 1 is 0.712 bits per heavy atom. The highest BCUT2D eigenvalue weighted by atomic mass is 31.2. The molecule has 0 bridgehead atoms. The molecule has 2 aliphatic heterocycles. The highest BCUT2D eigenvalue weighted by molar-refractivity contribution is 7.98. The quantitative estimate of drug-likeness (QED) is 0.0958. The number of amides is 1. The highest BCUT2D eigenvalue weighted by Gasteiger charge is 2.54. The number of anilines is 1. The number of rotatable bonds is 7. The van der Waals surface area contributed by atoms with E-state index in [4.69, 9.17) is 9.47 Å². The van der Waals surface area contributed by atoms with Gasteiger partial charge < -0.3 is 35.4 Å². The van der Waals surface area contributed by atoms with Gasteiger partial charge in [-0.2, -0.15) is 0 Å². The fourth-order valence-electron chi connectivity index (χ4n) is 7.12. The van der Waals surface area contributed by atoms with E-state index in [1.54, 1.807) is 55.3 Å². The Balaban J connectivity index is 1.24. The summed E-state index contributed by atoms with van der Waals surface area (Å²) in [6.45, 7) is 0. The summed E-state index contributed by atoms with van der Waals surface area (Å²) < 4.78 is 12.3. The van der Waals surface area contributed by atoms with Crippen LogP contribution in [-0.4, -0.2) is 29.1 Å². The van der Waals surface area contributed by atoms with Crippen LogP contribution >= 0.6 is 7.26 Å². The summed E-state index contributed by atoms with van der Waals surface area (Å²) in [5, 5.41) is 43.2. The van der Waals surface area contributed by atoms with Crippen LogP contribution in [0.15, 0.2) is 151 Å². The molecule has 4 N–H and O–H groups in total. The summed E-state index contributed by atoms with van der Waals surface area (Å²) in [5.41, 5.74) is 1.23. The van der Waals surface area contributed by atoms with E-state index in [0.29, 0.717) is 27.9 Å². The molecular formula is C42H31N2O7P. The van der Waals surface area contributed by atoms with Crippen molar-refractivity contribution in [2.24, 2.45) is 0 Å². The molecule has 8 rings (SSSR count). The lowest BCUT2D eigenvalue weighted by Gasteiger charge is -2.36. The zero-order chi connectivity index (χ0) is 36.0. The second-order valence-corrected chi connectivity index (χ2v) is 15.7. The van der Waals surface area contributed by atoms with Crippen molar-refractivity contribution in [2.75, 3.05) is 12.4 Å². The van der Waals surface area contributed by atoms with Crippen LogP contribution in [0.25, 0.3) is 0 Å². The monoisotopic (exact) mass is 706 g/mol. The van der Waals surface area contributed by atoms with Gasteiger partial charge in [0.15, 0.2) is 5.60 Å². The van der Waals surface area contributed by atoms with Crippen molar-refractivity contribution in [3.05, 3.63) is 179 Å². The molecule has 256 valence electrons. The van der Waals surface area contributed by atoms with Crippen LogP contribution in [-0.2, 0) is 10.3 Å². The zero-order valence-electron chi connectivity index (χ0n) is 27.7. The maximum Gasteiger partial charge on any atom is 0.340 e. The molecule has 0 saturated heterocycles. The van der Waals surface area contributed by atoms with Crippen molar-refractivity contribution in [2.45, 2.75) is 5.60 Å². The number of hydrogen-bond acceptors (Lipinski definition) is 8.